The molecule has 2 N–H and O–H groups in total. The number of hydrogen-bond donors (Lipinski definition) is 2. The van der Waals surface area contributed by atoms with Crippen molar-refractivity contribution in [1.29, 1.82) is 0 Å². The highest BCUT2D eigenvalue weighted by Crippen LogP contribution is 2.39. The molecular formula is C14H22N4OS. The summed E-state index contributed by atoms with van der Waals surface area (Å²) in [5.74, 6) is 2.78. The summed E-state index contributed by atoms with van der Waals surface area (Å²) in [6, 6.07) is 1.90. The number of thioether (sulfide) groups is 1. The van der Waals surface area contributed by atoms with Crippen LogP contribution in [0.2, 0.25) is 0 Å². The van der Waals surface area contributed by atoms with Crippen LogP contribution in [0.5, 0.6) is 0 Å². The number of carbonyl (C=O) groups excluding carboxylic acids is 1. The molecule has 1 atom stereocenters. The first-order valence-corrected chi connectivity index (χ1v) is 8.35. The molecule has 5 nitrogen and oxygen atoms in total. The highest BCUT2D eigenvalue weighted by molar-refractivity contribution is 7.99. The van der Waals surface area contributed by atoms with E-state index in [1.54, 1.807) is 0 Å². The maximum absolute atomic E-state index is 12.2. The largest absolute Gasteiger partial charge is 0.349 e. The maximum Gasteiger partial charge on any atom is 0.271 e. The molecular weight excluding hydrogens is 272 g/mol. The van der Waals surface area contributed by atoms with Gasteiger partial charge in [0.05, 0.1) is 0 Å². The lowest BCUT2D eigenvalue weighted by Crippen LogP contribution is -2.53. The summed E-state index contributed by atoms with van der Waals surface area (Å²) in [4.78, 5) is 14.4. The summed E-state index contributed by atoms with van der Waals surface area (Å²) < 4.78 is 0. The molecule has 2 heterocycles. The first-order valence-electron chi connectivity index (χ1n) is 7.19. The van der Waals surface area contributed by atoms with E-state index in [0.717, 1.165) is 17.9 Å². The van der Waals surface area contributed by atoms with Gasteiger partial charge in [0, 0.05) is 29.4 Å². The van der Waals surface area contributed by atoms with Gasteiger partial charge in [-0.25, -0.2) is 0 Å². The second-order valence-corrected chi connectivity index (χ2v) is 7.19. The molecule has 1 amide bonds. The van der Waals surface area contributed by atoms with Gasteiger partial charge in [0.2, 0.25) is 0 Å². The fourth-order valence-electron chi connectivity index (χ4n) is 2.64. The van der Waals surface area contributed by atoms with Crippen LogP contribution in [0.15, 0.2) is 6.07 Å². The number of H-pyrrole nitrogens is 1. The van der Waals surface area contributed by atoms with E-state index >= 15 is 0 Å². The molecule has 0 radical (unpaired) electrons. The number of nitrogens with zero attached hydrogens (tertiary/aromatic N) is 2. The summed E-state index contributed by atoms with van der Waals surface area (Å²) in [5.41, 5.74) is 1.72. The first kappa shape index (κ1) is 13.9. The van der Waals surface area contributed by atoms with Crippen molar-refractivity contribution in [2.24, 2.45) is 0 Å². The quantitative estimate of drug-likeness (QED) is 0.863. The molecule has 0 bridgehead atoms. The van der Waals surface area contributed by atoms with Crippen molar-refractivity contribution >= 4 is 17.7 Å². The molecule has 3 rings (SSSR count). The summed E-state index contributed by atoms with van der Waals surface area (Å²) in [5, 5.41) is 10.2. The maximum atomic E-state index is 12.2. The van der Waals surface area contributed by atoms with Crippen LogP contribution in [0, 0.1) is 0 Å². The van der Waals surface area contributed by atoms with Gasteiger partial charge in [-0.2, -0.15) is 16.9 Å². The highest BCUT2D eigenvalue weighted by atomic mass is 32.2. The van der Waals surface area contributed by atoms with Crippen LogP contribution in [0.25, 0.3) is 0 Å². The number of carbonyl (C=O) groups is 1. The van der Waals surface area contributed by atoms with Gasteiger partial charge in [0.25, 0.3) is 5.91 Å². The molecule has 6 heteroatoms. The zero-order valence-electron chi connectivity index (χ0n) is 12.1. The van der Waals surface area contributed by atoms with Gasteiger partial charge in [-0.1, -0.05) is 0 Å². The summed E-state index contributed by atoms with van der Waals surface area (Å²) >= 11 is 1.96. The van der Waals surface area contributed by atoms with E-state index in [0.29, 0.717) is 18.2 Å². The predicted octanol–water partition coefficient (Wildman–Crippen LogP) is 1.45. The Morgan fingerprint density at radius 1 is 1.60 bits per heavy atom. The lowest BCUT2D eigenvalue weighted by atomic mass is 9.97. The van der Waals surface area contributed by atoms with Crippen molar-refractivity contribution in [3.63, 3.8) is 0 Å². The molecule has 2 fully saturated rings. The van der Waals surface area contributed by atoms with E-state index < -0.39 is 0 Å². The van der Waals surface area contributed by atoms with E-state index in [1.807, 2.05) is 17.8 Å². The van der Waals surface area contributed by atoms with Crippen molar-refractivity contribution in [3.8, 4) is 0 Å². The fourth-order valence-corrected chi connectivity index (χ4v) is 4.19. The van der Waals surface area contributed by atoms with Gasteiger partial charge in [0.1, 0.15) is 5.69 Å². The molecule has 1 aromatic rings. The van der Waals surface area contributed by atoms with Crippen molar-refractivity contribution in [3.05, 3.63) is 17.5 Å². The fraction of sp³-hybridized carbons (Fsp3) is 0.714. The van der Waals surface area contributed by atoms with Gasteiger partial charge in [-0.05, 0) is 45.2 Å². The number of likely N-dealkylation sites (N-methyl/N-ethyl adjacent to an activating group) is 1. The number of nitrogens with one attached hydrogen (secondary N) is 2. The highest BCUT2D eigenvalue weighted by Gasteiger charge is 2.37. The van der Waals surface area contributed by atoms with Gasteiger partial charge in [-0.15, -0.1) is 0 Å². The third kappa shape index (κ3) is 2.72. The van der Waals surface area contributed by atoms with Gasteiger partial charge < -0.3 is 10.2 Å². The minimum Gasteiger partial charge on any atom is -0.349 e. The molecule has 0 spiro atoms. The Balaban J connectivity index is 1.60. The van der Waals surface area contributed by atoms with Crippen molar-refractivity contribution in [2.45, 2.75) is 30.7 Å². The topological polar surface area (TPSA) is 61.0 Å². The smallest absolute Gasteiger partial charge is 0.271 e. The molecule has 0 unspecified atom stereocenters. The van der Waals surface area contributed by atoms with Crippen LogP contribution in [-0.2, 0) is 0 Å². The second kappa shape index (κ2) is 5.41. The van der Waals surface area contributed by atoms with Gasteiger partial charge >= 0.3 is 0 Å². The summed E-state index contributed by atoms with van der Waals surface area (Å²) in [6.45, 7) is 0.692. The zero-order valence-corrected chi connectivity index (χ0v) is 12.9. The van der Waals surface area contributed by atoms with Crippen LogP contribution >= 0.6 is 11.8 Å². The van der Waals surface area contributed by atoms with E-state index in [2.05, 4.69) is 34.5 Å². The number of rotatable bonds is 5. The molecule has 110 valence electrons. The predicted molar refractivity (Wildman–Crippen MR) is 81.3 cm³/mol. The normalized spacial score (nSPS) is 26.1. The molecule has 1 saturated carbocycles. The van der Waals surface area contributed by atoms with Crippen molar-refractivity contribution < 1.29 is 4.79 Å². The average molecular weight is 294 g/mol. The molecule has 1 aromatic heterocycles. The Labute approximate surface area is 123 Å². The Bertz CT molecular complexity index is 489. The standard InChI is InChI=1S/C14H22N4OS/c1-18(2)14(5-6-20-9-14)8-15-13(19)12-7-11(16-17-12)10-3-4-10/h7,10H,3-6,8-9H2,1-2H3,(H,15,19)(H,16,17)/t14-/m0/s1. The van der Waals surface area contributed by atoms with E-state index in [4.69, 9.17) is 0 Å². The zero-order chi connectivity index (χ0) is 14.2. The Morgan fingerprint density at radius 3 is 3.00 bits per heavy atom. The van der Waals surface area contributed by atoms with Crippen LogP contribution in [0.1, 0.15) is 41.4 Å². The first-order chi connectivity index (χ1) is 9.61. The third-order valence-electron chi connectivity index (χ3n) is 4.46. The molecule has 0 aromatic carbocycles. The monoisotopic (exact) mass is 294 g/mol. The van der Waals surface area contributed by atoms with Crippen LogP contribution in [-0.4, -0.2) is 58.7 Å². The van der Waals surface area contributed by atoms with Crippen LogP contribution < -0.4 is 5.32 Å². The van der Waals surface area contributed by atoms with E-state index in [1.165, 1.54) is 18.6 Å². The summed E-state index contributed by atoms with van der Waals surface area (Å²) in [6.07, 6.45) is 3.55. The molecule has 1 saturated heterocycles. The Kier molecular flexibility index (Phi) is 3.77. The summed E-state index contributed by atoms with van der Waals surface area (Å²) in [7, 11) is 4.19. The molecule has 1 aliphatic heterocycles. The van der Waals surface area contributed by atoms with Crippen LogP contribution in [0.3, 0.4) is 0 Å². The van der Waals surface area contributed by atoms with Crippen LogP contribution in [0.4, 0.5) is 0 Å². The Hall–Kier alpha value is -1.01. The van der Waals surface area contributed by atoms with Crippen molar-refractivity contribution in [1.82, 2.24) is 20.4 Å². The number of aromatic amines is 1. The average Bonchev–Trinajstić information content (AvgIpc) is 2.98. The Morgan fingerprint density at radius 2 is 2.40 bits per heavy atom. The minimum atomic E-state index is -0.0636. The number of amides is 1. The molecule has 1 aliphatic carbocycles. The van der Waals surface area contributed by atoms with Gasteiger partial charge in [-0.3, -0.25) is 9.89 Å². The lowest BCUT2D eigenvalue weighted by molar-refractivity contribution is 0.0909. The van der Waals surface area contributed by atoms with Gasteiger partial charge in [0.15, 0.2) is 0 Å². The van der Waals surface area contributed by atoms with Crippen molar-refractivity contribution in [2.75, 3.05) is 32.1 Å². The number of hydrogen-bond acceptors (Lipinski definition) is 4. The minimum absolute atomic E-state index is 0.0636. The molecule has 20 heavy (non-hydrogen) atoms. The number of aromatic nitrogens is 2. The van der Waals surface area contributed by atoms with E-state index in [-0.39, 0.29) is 11.4 Å². The molecule has 2 aliphatic rings. The lowest BCUT2D eigenvalue weighted by Gasteiger charge is -2.35. The third-order valence-corrected chi connectivity index (χ3v) is 5.69. The van der Waals surface area contributed by atoms with E-state index in [9.17, 15) is 4.79 Å². The SMILES string of the molecule is CN(C)[C@]1(CNC(=O)c2cc(C3CC3)[nH]n2)CCSC1. The second-order valence-electron chi connectivity index (χ2n) is 6.09.